The summed E-state index contributed by atoms with van der Waals surface area (Å²) in [5.74, 6) is 0.931. The van der Waals surface area contributed by atoms with E-state index in [0.717, 1.165) is 18.6 Å². The fourth-order valence-electron chi connectivity index (χ4n) is 1.19. The molecule has 0 aromatic carbocycles. The van der Waals surface area contributed by atoms with Crippen LogP contribution in [0.15, 0.2) is 0 Å². The van der Waals surface area contributed by atoms with Gasteiger partial charge in [0.1, 0.15) is 5.54 Å². The first-order chi connectivity index (χ1) is 6.60. The lowest BCUT2D eigenvalue weighted by Gasteiger charge is -2.26. The highest BCUT2D eigenvalue weighted by atomic mass is 32.2. The Morgan fingerprint density at radius 2 is 2.21 bits per heavy atom. The molecular weight excluding hydrogens is 198 g/mol. The average Bonchev–Trinajstić information content (AvgIpc) is 2.18. The van der Waals surface area contributed by atoms with Crippen molar-refractivity contribution in [3.05, 3.63) is 0 Å². The van der Waals surface area contributed by atoms with Crippen LogP contribution in [-0.4, -0.2) is 37.2 Å². The van der Waals surface area contributed by atoms with Gasteiger partial charge in [-0.3, -0.25) is 4.79 Å². The Hall–Kier alpha value is -0.220. The lowest BCUT2D eigenvalue weighted by atomic mass is 9.97. The monoisotopic (exact) mass is 219 g/mol. The molecule has 0 aliphatic carbocycles. The molecule has 0 spiro atoms. The van der Waals surface area contributed by atoms with Crippen molar-refractivity contribution in [2.24, 2.45) is 0 Å². The molecule has 0 saturated carbocycles. The van der Waals surface area contributed by atoms with Gasteiger partial charge in [-0.05, 0) is 45.7 Å². The standard InChI is InChI=1S/C10H21NO2S/c1-5-13-9(12)10(2,11-3)7-6-8-14-4/h11H,5-8H2,1-4H3. The van der Waals surface area contributed by atoms with Crippen LogP contribution in [0.1, 0.15) is 26.7 Å². The van der Waals surface area contributed by atoms with Crippen molar-refractivity contribution in [3.8, 4) is 0 Å². The smallest absolute Gasteiger partial charge is 0.326 e. The number of hydrogen-bond donors (Lipinski definition) is 1. The van der Waals surface area contributed by atoms with Crippen LogP contribution in [0, 0.1) is 0 Å². The van der Waals surface area contributed by atoms with Gasteiger partial charge in [0.05, 0.1) is 6.61 Å². The summed E-state index contributed by atoms with van der Waals surface area (Å²) >= 11 is 1.80. The molecule has 3 nitrogen and oxygen atoms in total. The van der Waals surface area contributed by atoms with Gasteiger partial charge in [-0.1, -0.05) is 0 Å². The Bertz CT molecular complexity index is 176. The zero-order valence-corrected chi connectivity index (χ0v) is 10.4. The zero-order valence-electron chi connectivity index (χ0n) is 9.55. The molecule has 0 aromatic rings. The number of carbonyl (C=O) groups excluding carboxylic acids is 1. The van der Waals surface area contributed by atoms with Crippen molar-refractivity contribution >= 4 is 17.7 Å². The molecule has 14 heavy (non-hydrogen) atoms. The second kappa shape index (κ2) is 7.12. The fourth-order valence-corrected chi connectivity index (χ4v) is 1.62. The van der Waals surface area contributed by atoms with Gasteiger partial charge < -0.3 is 10.1 Å². The third-order valence-electron chi connectivity index (χ3n) is 2.30. The number of hydrogen-bond acceptors (Lipinski definition) is 4. The molecule has 0 heterocycles. The summed E-state index contributed by atoms with van der Waals surface area (Å²) in [6.07, 6.45) is 3.92. The highest BCUT2D eigenvalue weighted by molar-refractivity contribution is 7.98. The number of likely N-dealkylation sites (N-methyl/N-ethyl adjacent to an activating group) is 1. The van der Waals surface area contributed by atoms with Crippen LogP contribution in [0.5, 0.6) is 0 Å². The molecule has 84 valence electrons. The molecule has 0 fully saturated rings. The van der Waals surface area contributed by atoms with Gasteiger partial charge >= 0.3 is 5.97 Å². The molecule has 1 unspecified atom stereocenters. The summed E-state index contributed by atoms with van der Waals surface area (Å²) in [7, 11) is 1.80. The molecule has 0 aliphatic heterocycles. The number of thioether (sulfide) groups is 1. The van der Waals surface area contributed by atoms with Gasteiger partial charge in [0, 0.05) is 0 Å². The van der Waals surface area contributed by atoms with E-state index in [-0.39, 0.29) is 5.97 Å². The first-order valence-electron chi connectivity index (χ1n) is 4.95. The lowest BCUT2D eigenvalue weighted by molar-refractivity contribution is -0.150. The number of esters is 1. The Morgan fingerprint density at radius 1 is 1.57 bits per heavy atom. The van der Waals surface area contributed by atoms with Crippen molar-refractivity contribution in [3.63, 3.8) is 0 Å². The number of ether oxygens (including phenoxy) is 1. The van der Waals surface area contributed by atoms with Crippen LogP contribution in [0.25, 0.3) is 0 Å². The number of rotatable bonds is 7. The van der Waals surface area contributed by atoms with Crippen LogP contribution >= 0.6 is 11.8 Å². The molecule has 1 N–H and O–H groups in total. The molecule has 0 amide bonds. The predicted molar refractivity (Wildman–Crippen MR) is 61.7 cm³/mol. The van der Waals surface area contributed by atoms with Crippen molar-refractivity contribution in [1.29, 1.82) is 0 Å². The maximum atomic E-state index is 11.6. The van der Waals surface area contributed by atoms with Gasteiger partial charge in [0.2, 0.25) is 0 Å². The van der Waals surface area contributed by atoms with Gasteiger partial charge in [0.15, 0.2) is 0 Å². The average molecular weight is 219 g/mol. The minimum absolute atomic E-state index is 0.149. The molecule has 4 heteroatoms. The third-order valence-corrected chi connectivity index (χ3v) is 3.00. The molecule has 0 bridgehead atoms. The van der Waals surface area contributed by atoms with E-state index in [0.29, 0.717) is 6.61 Å². The molecule has 0 aromatic heterocycles. The lowest BCUT2D eigenvalue weighted by Crippen LogP contribution is -2.48. The Kier molecular flexibility index (Phi) is 7.01. The third kappa shape index (κ3) is 4.33. The van der Waals surface area contributed by atoms with E-state index in [1.807, 2.05) is 13.8 Å². The minimum atomic E-state index is -0.522. The summed E-state index contributed by atoms with van der Waals surface area (Å²) < 4.78 is 5.02. The highest BCUT2D eigenvalue weighted by Gasteiger charge is 2.31. The molecule has 0 radical (unpaired) electrons. The van der Waals surface area contributed by atoms with Crippen molar-refractivity contribution < 1.29 is 9.53 Å². The fraction of sp³-hybridized carbons (Fsp3) is 0.900. The van der Waals surface area contributed by atoms with E-state index in [9.17, 15) is 4.79 Å². The molecule has 0 rings (SSSR count). The first-order valence-corrected chi connectivity index (χ1v) is 6.35. The van der Waals surface area contributed by atoms with E-state index in [1.54, 1.807) is 18.8 Å². The second-order valence-corrected chi connectivity index (χ2v) is 4.38. The summed E-state index contributed by atoms with van der Waals surface area (Å²) in [6.45, 7) is 4.17. The maximum absolute atomic E-state index is 11.6. The quantitative estimate of drug-likeness (QED) is 0.522. The van der Waals surface area contributed by atoms with Crippen LogP contribution < -0.4 is 5.32 Å². The minimum Gasteiger partial charge on any atom is -0.465 e. The van der Waals surface area contributed by atoms with Gasteiger partial charge in [-0.15, -0.1) is 0 Å². The first kappa shape index (κ1) is 13.8. The predicted octanol–water partition coefficient (Wildman–Crippen LogP) is 1.67. The normalized spacial score (nSPS) is 14.9. The molecule has 0 saturated heterocycles. The van der Waals surface area contributed by atoms with Crippen molar-refractivity contribution in [1.82, 2.24) is 5.32 Å². The van der Waals surface area contributed by atoms with Crippen LogP contribution in [0.4, 0.5) is 0 Å². The van der Waals surface area contributed by atoms with Crippen LogP contribution in [-0.2, 0) is 9.53 Å². The Labute approximate surface area is 91.0 Å². The van der Waals surface area contributed by atoms with Crippen LogP contribution in [0.3, 0.4) is 0 Å². The van der Waals surface area contributed by atoms with E-state index < -0.39 is 5.54 Å². The summed E-state index contributed by atoms with van der Waals surface area (Å²) in [5, 5.41) is 3.04. The Balaban J connectivity index is 4.09. The highest BCUT2D eigenvalue weighted by Crippen LogP contribution is 2.15. The summed E-state index contributed by atoms with van der Waals surface area (Å²) in [4.78, 5) is 11.6. The molecule has 1 atom stereocenters. The van der Waals surface area contributed by atoms with E-state index in [1.165, 1.54) is 0 Å². The van der Waals surface area contributed by atoms with Crippen LogP contribution in [0.2, 0.25) is 0 Å². The summed E-state index contributed by atoms with van der Waals surface area (Å²) in [6, 6.07) is 0. The summed E-state index contributed by atoms with van der Waals surface area (Å²) in [5.41, 5.74) is -0.522. The topological polar surface area (TPSA) is 38.3 Å². The van der Waals surface area contributed by atoms with Gasteiger partial charge in [-0.2, -0.15) is 11.8 Å². The molecule has 0 aliphatic rings. The van der Waals surface area contributed by atoms with E-state index in [4.69, 9.17) is 4.74 Å². The Morgan fingerprint density at radius 3 is 2.64 bits per heavy atom. The van der Waals surface area contributed by atoms with Crippen molar-refractivity contribution in [2.75, 3.05) is 25.7 Å². The SMILES string of the molecule is CCOC(=O)C(C)(CCCSC)NC. The second-order valence-electron chi connectivity index (χ2n) is 3.40. The number of carbonyl (C=O) groups is 1. The molecular formula is C10H21NO2S. The van der Waals surface area contributed by atoms with E-state index >= 15 is 0 Å². The van der Waals surface area contributed by atoms with Crippen molar-refractivity contribution in [2.45, 2.75) is 32.2 Å². The van der Waals surface area contributed by atoms with Gasteiger partial charge in [0.25, 0.3) is 0 Å². The number of nitrogens with one attached hydrogen (secondary N) is 1. The van der Waals surface area contributed by atoms with E-state index in [2.05, 4.69) is 11.6 Å². The maximum Gasteiger partial charge on any atom is 0.326 e. The largest absolute Gasteiger partial charge is 0.465 e. The van der Waals surface area contributed by atoms with Gasteiger partial charge in [-0.25, -0.2) is 0 Å². The zero-order chi connectivity index (χ0) is 11.0.